The molecule has 0 fully saturated rings. The summed E-state index contributed by atoms with van der Waals surface area (Å²) in [6, 6.07) is 0. The van der Waals surface area contributed by atoms with Crippen molar-refractivity contribution in [3.63, 3.8) is 0 Å². The lowest BCUT2D eigenvalue weighted by Crippen LogP contribution is -2.29. The molecule has 0 aromatic rings. The van der Waals surface area contributed by atoms with Gasteiger partial charge < -0.3 is 29.5 Å². The van der Waals surface area contributed by atoms with Crippen molar-refractivity contribution in [1.82, 2.24) is 0 Å². The van der Waals surface area contributed by atoms with Gasteiger partial charge in [0.15, 0.2) is 6.10 Å². The quantitative estimate of drug-likeness (QED) is 0.0171. The lowest BCUT2D eigenvalue weighted by Gasteiger charge is -2.18. The highest BCUT2D eigenvalue weighted by Gasteiger charge is 2.22. The Labute approximate surface area is 324 Å². The summed E-state index contributed by atoms with van der Waals surface area (Å²) in [5.41, 5.74) is 0. The molecular weight excluding hydrogens is 707 g/mol. The summed E-state index contributed by atoms with van der Waals surface area (Å²) >= 11 is 0. The second kappa shape index (κ2) is 36.4. The smallest absolute Gasteiger partial charge is 0.462 e. The van der Waals surface area contributed by atoms with Gasteiger partial charge in [-0.15, -0.1) is 0 Å². The molecule has 0 saturated heterocycles. The van der Waals surface area contributed by atoms with Gasteiger partial charge in [-0.2, -0.15) is 0 Å². The van der Waals surface area contributed by atoms with Crippen LogP contribution in [0.4, 0.5) is 0 Å². The molecule has 0 aromatic heterocycles. The number of phosphoric ester groups is 1. The first-order chi connectivity index (χ1) is 26.1. The summed E-state index contributed by atoms with van der Waals surface area (Å²) in [4.78, 5) is 42.7. The molecule has 0 rings (SSSR count). The van der Waals surface area contributed by atoms with Crippen LogP contribution in [0.15, 0.2) is 122 Å². The van der Waals surface area contributed by atoms with E-state index in [0.717, 1.165) is 44.9 Å². The van der Waals surface area contributed by atoms with Gasteiger partial charge in [-0.05, 0) is 77.0 Å². The van der Waals surface area contributed by atoms with Crippen LogP contribution in [0.2, 0.25) is 0 Å². The van der Waals surface area contributed by atoms with Crippen LogP contribution in [0.1, 0.15) is 104 Å². The summed E-state index contributed by atoms with van der Waals surface area (Å²) in [6.45, 7) is 3.15. The van der Waals surface area contributed by atoms with E-state index in [2.05, 4.69) is 60.1 Å². The number of allylic oxidation sites excluding steroid dienone is 16. The third-order valence-corrected chi connectivity index (χ3v) is 7.64. The topological polar surface area (TPSA) is 160 Å². The molecule has 0 unspecified atom stereocenters. The summed E-state index contributed by atoms with van der Waals surface area (Å²) in [5.74, 6) is -1.13. The standard InChI is InChI=1S/C43H65O10P/c1-3-5-7-8-9-10-11-12-13-14-15-16-20-23-29-36-43(47)53-41(38-52-54(48,49)50)37-51-42(46)35-30-24-28-34-40(45)33-27-22-19-17-18-21-26-32-39(44)31-25-6-4-2/h5-7,9-10,12-13,15-16,18-19,21-22,25-28,32-34,39-41,44-45H,3-4,8,11,14,17,20,23-24,29-31,35-38H2,1-2H3,(H2,48,49,50)/b7-5-,10-9-,13-12-,16-15-,21-18-,22-19-,25-6-,32-26+,33-27+,34-28-/t39-,40-,41-/m1/s1. The zero-order chi connectivity index (χ0) is 40.0. The average Bonchev–Trinajstić information content (AvgIpc) is 3.13. The zero-order valence-corrected chi connectivity index (χ0v) is 33.2. The maximum atomic E-state index is 12.4. The highest BCUT2D eigenvalue weighted by atomic mass is 31.2. The number of phosphoric acid groups is 1. The van der Waals surface area contributed by atoms with Crippen LogP contribution in [-0.2, 0) is 28.2 Å². The molecule has 0 spiro atoms. The van der Waals surface area contributed by atoms with Crippen LogP contribution in [0.5, 0.6) is 0 Å². The molecule has 0 radical (unpaired) electrons. The van der Waals surface area contributed by atoms with E-state index in [1.807, 2.05) is 49.5 Å². The van der Waals surface area contributed by atoms with Gasteiger partial charge in [0.1, 0.15) is 6.61 Å². The molecule has 11 heteroatoms. The molecule has 0 aromatic carbocycles. The van der Waals surface area contributed by atoms with Gasteiger partial charge in [-0.25, -0.2) is 4.57 Å². The number of hydrogen-bond acceptors (Lipinski definition) is 8. The Balaban J connectivity index is 4.33. The number of esters is 2. The van der Waals surface area contributed by atoms with Crippen molar-refractivity contribution in [1.29, 1.82) is 0 Å². The highest BCUT2D eigenvalue weighted by molar-refractivity contribution is 7.46. The molecule has 0 amide bonds. The molecule has 0 aliphatic rings. The van der Waals surface area contributed by atoms with E-state index in [1.54, 1.807) is 30.4 Å². The van der Waals surface area contributed by atoms with Gasteiger partial charge >= 0.3 is 19.8 Å². The molecule has 0 heterocycles. The predicted molar refractivity (Wildman–Crippen MR) is 218 cm³/mol. The molecule has 0 aliphatic heterocycles. The number of unbranched alkanes of at least 4 members (excludes halogenated alkanes) is 3. The summed E-state index contributed by atoms with van der Waals surface area (Å²) in [6.07, 6.45) is 45.7. The van der Waals surface area contributed by atoms with Crippen molar-refractivity contribution in [3.05, 3.63) is 122 Å². The molecule has 3 atom stereocenters. The van der Waals surface area contributed by atoms with E-state index < -0.39 is 51.3 Å². The average molecular weight is 773 g/mol. The fraction of sp³-hybridized carbons (Fsp3) is 0.488. The molecule has 0 aliphatic carbocycles. The molecule has 4 N–H and O–H groups in total. The Kier molecular flexibility index (Phi) is 33.9. The van der Waals surface area contributed by atoms with E-state index >= 15 is 0 Å². The van der Waals surface area contributed by atoms with Crippen LogP contribution >= 0.6 is 7.82 Å². The van der Waals surface area contributed by atoms with Gasteiger partial charge in [-0.3, -0.25) is 14.1 Å². The summed E-state index contributed by atoms with van der Waals surface area (Å²) < 4.78 is 26.1. The van der Waals surface area contributed by atoms with Gasteiger partial charge in [0, 0.05) is 12.8 Å². The minimum atomic E-state index is -4.82. The molecule has 0 saturated carbocycles. The maximum Gasteiger partial charge on any atom is 0.469 e. The number of aliphatic hydroxyl groups excluding tert-OH is 2. The molecule has 10 nitrogen and oxygen atoms in total. The Morgan fingerprint density at radius 3 is 1.80 bits per heavy atom. The first-order valence-corrected chi connectivity index (χ1v) is 20.6. The fourth-order valence-corrected chi connectivity index (χ4v) is 4.70. The van der Waals surface area contributed by atoms with Gasteiger partial charge in [-0.1, -0.05) is 135 Å². The number of carbonyl (C=O) groups is 2. The Morgan fingerprint density at radius 2 is 1.15 bits per heavy atom. The lowest BCUT2D eigenvalue weighted by atomic mass is 10.2. The lowest BCUT2D eigenvalue weighted by molar-refractivity contribution is -0.161. The molecule has 54 heavy (non-hydrogen) atoms. The van der Waals surface area contributed by atoms with Crippen molar-refractivity contribution in [2.24, 2.45) is 0 Å². The summed E-state index contributed by atoms with van der Waals surface area (Å²) in [7, 11) is -4.82. The number of carbonyl (C=O) groups excluding carboxylic acids is 2. The van der Waals surface area contributed by atoms with E-state index in [1.165, 1.54) is 0 Å². The predicted octanol–water partition coefficient (Wildman–Crippen LogP) is 9.34. The normalized spacial score (nSPS) is 15.0. The molecule has 0 bridgehead atoms. The van der Waals surface area contributed by atoms with Crippen molar-refractivity contribution >= 4 is 19.8 Å². The minimum Gasteiger partial charge on any atom is -0.462 e. The largest absolute Gasteiger partial charge is 0.469 e. The van der Waals surface area contributed by atoms with Crippen LogP contribution < -0.4 is 0 Å². The van der Waals surface area contributed by atoms with E-state index in [9.17, 15) is 24.4 Å². The first kappa shape index (κ1) is 50.4. The third kappa shape index (κ3) is 38.1. The van der Waals surface area contributed by atoms with Crippen molar-refractivity contribution in [2.45, 2.75) is 122 Å². The Bertz CT molecular complexity index is 1310. The zero-order valence-electron chi connectivity index (χ0n) is 32.3. The minimum absolute atomic E-state index is 0.0634. The second-order valence-corrected chi connectivity index (χ2v) is 13.4. The number of rotatable bonds is 32. The first-order valence-electron chi connectivity index (χ1n) is 19.1. The van der Waals surface area contributed by atoms with Crippen molar-refractivity contribution in [2.75, 3.05) is 13.2 Å². The number of ether oxygens (including phenoxy) is 2. The maximum absolute atomic E-state index is 12.4. The Morgan fingerprint density at radius 1 is 0.593 bits per heavy atom. The van der Waals surface area contributed by atoms with Crippen molar-refractivity contribution < 1.29 is 48.2 Å². The summed E-state index contributed by atoms with van der Waals surface area (Å²) in [5, 5.41) is 19.9. The van der Waals surface area contributed by atoms with Gasteiger partial charge in [0.2, 0.25) is 0 Å². The fourth-order valence-electron chi connectivity index (χ4n) is 4.34. The Hall–Kier alpha value is -3.63. The number of hydrogen-bond donors (Lipinski definition) is 4. The second-order valence-electron chi connectivity index (χ2n) is 12.2. The number of aliphatic hydroxyl groups is 2. The van der Waals surface area contributed by atoms with E-state index in [-0.39, 0.29) is 12.8 Å². The van der Waals surface area contributed by atoms with E-state index in [4.69, 9.17) is 19.3 Å². The van der Waals surface area contributed by atoms with Gasteiger partial charge in [0.25, 0.3) is 0 Å². The van der Waals surface area contributed by atoms with Crippen LogP contribution in [0.25, 0.3) is 0 Å². The third-order valence-electron chi connectivity index (χ3n) is 7.15. The van der Waals surface area contributed by atoms with Crippen LogP contribution in [-0.4, -0.2) is 63.5 Å². The molecular formula is C43H65O10P. The van der Waals surface area contributed by atoms with E-state index in [0.29, 0.717) is 32.1 Å². The SMILES string of the molecule is CC/C=C\C/C=C\C/C=C\C/C=C\CCCCC(=O)O[C@H](COC(=O)CCC/C=C\[C@H](O)/C=C/C=C\C/C=C\C=C\[C@H](O)C/C=C\CC)COP(=O)(O)O. The monoisotopic (exact) mass is 772 g/mol. The van der Waals surface area contributed by atoms with Crippen LogP contribution in [0.3, 0.4) is 0 Å². The van der Waals surface area contributed by atoms with Crippen molar-refractivity contribution in [3.8, 4) is 0 Å². The van der Waals surface area contributed by atoms with Crippen LogP contribution in [0, 0.1) is 0 Å². The molecule has 302 valence electrons. The van der Waals surface area contributed by atoms with Gasteiger partial charge in [0.05, 0.1) is 18.8 Å². The highest BCUT2D eigenvalue weighted by Crippen LogP contribution is 2.35.